The summed E-state index contributed by atoms with van der Waals surface area (Å²) in [5, 5.41) is 4.59. The van der Waals surface area contributed by atoms with Gasteiger partial charge in [-0.1, -0.05) is 29.8 Å². The molecule has 3 aromatic rings. The average molecular weight is 322 g/mol. The molecule has 5 heteroatoms. The molecule has 0 fully saturated rings. The summed E-state index contributed by atoms with van der Waals surface area (Å²) < 4.78 is 11.8. The smallest absolute Gasteiger partial charge is 0.341 e. The standard InChI is InChI=1S/C19H18N2O3/c1-13-7-9-15(10-8-13)21-12-17(19(22)24-3)18(20-21)14-5-4-6-16(11-14)23-2/h4-12H,1-3H3. The quantitative estimate of drug-likeness (QED) is 0.688. The summed E-state index contributed by atoms with van der Waals surface area (Å²) in [6, 6.07) is 15.3. The van der Waals surface area contributed by atoms with Crippen molar-refractivity contribution < 1.29 is 14.3 Å². The van der Waals surface area contributed by atoms with Crippen LogP contribution in [0.15, 0.2) is 54.7 Å². The van der Waals surface area contributed by atoms with Crippen LogP contribution in [0.3, 0.4) is 0 Å². The van der Waals surface area contributed by atoms with E-state index in [0.29, 0.717) is 17.0 Å². The zero-order chi connectivity index (χ0) is 17.1. The Morgan fingerprint density at radius 1 is 1.08 bits per heavy atom. The van der Waals surface area contributed by atoms with E-state index in [0.717, 1.165) is 16.8 Å². The first-order valence-electron chi connectivity index (χ1n) is 7.52. The van der Waals surface area contributed by atoms with Crippen molar-refractivity contribution in [2.45, 2.75) is 6.92 Å². The van der Waals surface area contributed by atoms with E-state index in [9.17, 15) is 4.79 Å². The van der Waals surface area contributed by atoms with Gasteiger partial charge in [0.15, 0.2) is 0 Å². The Balaban J connectivity index is 2.13. The predicted octanol–water partition coefficient (Wildman–Crippen LogP) is 3.64. The van der Waals surface area contributed by atoms with Gasteiger partial charge in [0.25, 0.3) is 0 Å². The number of aryl methyl sites for hydroxylation is 1. The van der Waals surface area contributed by atoms with Crippen LogP contribution in [-0.2, 0) is 4.74 Å². The largest absolute Gasteiger partial charge is 0.497 e. The lowest BCUT2D eigenvalue weighted by Crippen LogP contribution is -2.01. The highest BCUT2D eigenvalue weighted by atomic mass is 16.5. The fraction of sp³-hybridized carbons (Fsp3) is 0.158. The average Bonchev–Trinajstić information content (AvgIpc) is 3.07. The molecule has 0 unspecified atom stereocenters. The molecule has 0 spiro atoms. The first-order valence-corrected chi connectivity index (χ1v) is 7.52. The Hall–Kier alpha value is -3.08. The molecule has 0 amide bonds. The van der Waals surface area contributed by atoms with E-state index in [1.54, 1.807) is 18.0 Å². The number of aromatic nitrogens is 2. The summed E-state index contributed by atoms with van der Waals surface area (Å²) in [5.74, 6) is 0.277. The normalized spacial score (nSPS) is 10.5. The van der Waals surface area contributed by atoms with Gasteiger partial charge in [-0.05, 0) is 31.2 Å². The zero-order valence-corrected chi connectivity index (χ0v) is 13.8. The summed E-state index contributed by atoms with van der Waals surface area (Å²) >= 11 is 0. The summed E-state index contributed by atoms with van der Waals surface area (Å²) in [5.41, 5.74) is 3.79. The van der Waals surface area contributed by atoms with E-state index < -0.39 is 5.97 Å². The van der Waals surface area contributed by atoms with Gasteiger partial charge in [0.2, 0.25) is 0 Å². The molecular weight excluding hydrogens is 304 g/mol. The Bertz CT molecular complexity index is 867. The highest BCUT2D eigenvalue weighted by Crippen LogP contribution is 2.27. The summed E-state index contributed by atoms with van der Waals surface area (Å²) in [4.78, 5) is 12.2. The molecule has 0 radical (unpaired) electrons. The molecule has 0 aliphatic rings. The first kappa shape index (κ1) is 15.8. The molecular formula is C19H18N2O3. The summed E-state index contributed by atoms with van der Waals surface area (Å²) in [6.07, 6.45) is 1.69. The maximum Gasteiger partial charge on any atom is 0.341 e. The van der Waals surface area contributed by atoms with E-state index in [1.807, 2.05) is 55.5 Å². The van der Waals surface area contributed by atoms with Crippen molar-refractivity contribution in [3.63, 3.8) is 0 Å². The molecule has 0 aliphatic heterocycles. The van der Waals surface area contributed by atoms with Crippen LogP contribution in [0.2, 0.25) is 0 Å². The van der Waals surface area contributed by atoms with Crippen molar-refractivity contribution in [2.24, 2.45) is 0 Å². The third kappa shape index (κ3) is 3.01. The molecule has 1 aromatic heterocycles. The molecule has 0 atom stereocenters. The van der Waals surface area contributed by atoms with Gasteiger partial charge in [0.1, 0.15) is 17.0 Å². The SMILES string of the molecule is COC(=O)c1cn(-c2ccc(C)cc2)nc1-c1cccc(OC)c1. The fourth-order valence-electron chi connectivity index (χ4n) is 2.45. The molecule has 0 bridgehead atoms. The molecule has 3 rings (SSSR count). The third-order valence-electron chi connectivity index (χ3n) is 3.76. The number of carbonyl (C=O) groups excluding carboxylic acids is 1. The molecule has 122 valence electrons. The van der Waals surface area contributed by atoms with Crippen molar-refractivity contribution in [3.05, 3.63) is 65.9 Å². The third-order valence-corrected chi connectivity index (χ3v) is 3.76. The van der Waals surface area contributed by atoms with Crippen LogP contribution in [0.4, 0.5) is 0 Å². The van der Waals surface area contributed by atoms with Crippen LogP contribution in [0.1, 0.15) is 15.9 Å². The van der Waals surface area contributed by atoms with Gasteiger partial charge in [0.05, 0.1) is 19.9 Å². The Morgan fingerprint density at radius 2 is 1.83 bits per heavy atom. The number of ether oxygens (including phenoxy) is 2. The monoisotopic (exact) mass is 322 g/mol. The summed E-state index contributed by atoms with van der Waals surface area (Å²) in [6.45, 7) is 2.02. The predicted molar refractivity (Wildman–Crippen MR) is 91.6 cm³/mol. The number of nitrogens with zero attached hydrogens (tertiary/aromatic N) is 2. The number of hydrogen-bond donors (Lipinski definition) is 0. The lowest BCUT2D eigenvalue weighted by atomic mass is 10.1. The van der Waals surface area contributed by atoms with Gasteiger partial charge in [0, 0.05) is 11.8 Å². The van der Waals surface area contributed by atoms with E-state index in [-0.39, 0.29) is 0 Å². The highest BCUT2D eigenvalue weighted by Gasteiger charge is 2.19. The minimum atomic E-state index is -0.425. The summed E-state index contributed by atoms with van der Waals surface area (Å²) in [7, 11) is 2.96. The van der Waals surface area contributed by atoms with Gasteiger partial charge in [-0.2, -0.15) is 5.10 Å². The van der Waals surface area contributed by atoms with Crippen LogP contribution in [-0.4, -0.2) is 30.0 Å². The van der Waals surface area contributed by atoms with E-state index in [1.165, 1.54) is 7.11 Å². The maximum atomic E-state index is 12.2. The van der Waals surface area contributed by atoms with E-state index in [4.69, 9.17) is 9.47 Å². The number of carbonyl (C=O) groups is 1. The van der Waals surface area contributed by atoms with Crippen molar-refractivity contribution >= 4 is 5.97 Å². The fourth-order valence-corrected chi connectivity index (χ4v) is 2.45. The number of hydrogen-bond acceptors (Lipinski definition) is 4. The van der Waals surface area contributed by atoms with Crippen molar-refractivity contribution in [3.8, 4) is 22.7 Å². The number of methoxy groups -OCH3 is 2. The van der Waals surface area contributed by atoms with Crippen molar-refractivity contribution in [2.75, 3.05) is 14.2 Å². The van der Waals surface area contributed by atoms with E-state index >= 15 is 0 Å². The molecule has 5 nitrogen and oxygen atoms in total. The van der Waals surface area contributed by atoms with Crippen molar-refractivity contribution in [1.29, 1.82) is 0 Å². The highest BCUT2D eigenvalue weighted by molar-refractivity contribution is 5.96. The molecule has 0 saturated heterocycles. The molecule has 0 N–H and O–H groups in total. The number of esters is 1. The Labute approximate surface area is 140 Å². The molecule has 1 heterocycles. The lowest BCUT2D eigenvalue weighted by molar-refractivity contribution is 0.0601. The Kier molecular flexibility index (Phi) is 4.33. The van der Waals surface area contributed by atoms with Gasteiger partial charge in [-0.25, -0.2) is 9.48 Å². The minimum absolute atomic E-state index is 0.409. The second-order valence-electron chi connectivity index (χ2n) is 5.40. The van der Waals surface area contributed by atoms with Gasteiger partial charge >= 0.3 is 5.97 Å². The van der Waals surface area contributed by atoms with Gasteiger partial charge in [-0.15, -0.1) is 0 Å². The lowest BCUT2D eigenvalue weighted by Gasteiger charge is -2.04. The molecule has 0 aliphatic carbocycles. The minimum Gasteiger partial charge on any atom is -0.497 e. The first-order chi connectivity index (χ1) is 11.6. The van der Waals surface area contributed by atoms with Crippen LogP contribution < -0.4 is 4.74 Å². The second-order valence-corrected chi connectivity index (χ2v) is 5.40. The topological polar surface area (TPSA) is 53.4 Å². The number of rotatable bonds is 4. The van der Waals surface area contributed by atoms with Gasteiger partial charge in [-0.3, -0.25) is 0 Å². The van der Waals surface area contributed by atoms with Crippen LogP contribution in [0.5, 0.6) is 5.75 Å². The molecule has 24 heavy (non-hydrogen) atoms. The molecule has 2 aromatic carbocycles. The van der Waals surface area contributed by atoms with E-state index in [2.05, 4.69) is 5.10 Å². The van der Waals surface area contributed by atoms with Crippen LogP contribution in [0.25, 0.3) is 16.9 Å². The van der Waals surface area contributed by atoms with Crippen LogP contribution in [0, 0.1) is 6.92 Å². The number of benzene rings is 2. The Morgan fingerprint density at radius 3 is 2.50 bits per heavy atom. The second kappa shape index (κ2) is 6.58. The maximum absolute atomic E-state index is 12.2. The zero-order valence-electron chi connectivity index (χ0n) is 13.8. The van der Waals surface area contributed by atoms with Gasteiger partial charge < -0.3 is 9.47 Å². The van der Waals surface area contributed by atoms with Crippen molar-refractivity contribution in [1.82, 2.24) is 9.78 Å². The molecule has 0 saturated carbocycles. The van der Waals surface area contributed by atoms with Crippen LogP contribution >= 0.6 is 0 Å².